The topological polar surface area (TPSA) is 54.4 Å². The molecule has 1 rings (SSSR count). The van der Waals surface area contributed by atoms with Crippen molar-refractivity contribution in [3.05, 3.63) is 34.9 Å². The molecular formula is C13H18O3S. The van der Waals surface area contributed by atoms with Crippen molar-refractivity contribution in [1.29, 1.82) is 0 Å². The summed E-state index contributed by atoms with van der Waals surface area (Å²) >= 11 is 0. The fourth-order valence-corrected chi connectivity index (χ4v) is 2.36. The van der Waals surface area contributed by atoms with E-state index in [-0.39, 0.29) is 5.75 Å². The summed E-state index contributed by atoms with van der Waals surface area (Å²) < 4.78 is 10.8. The first kappa shape index (κ1) is 13.9. The summed E-state index contributed by atoms with van der Waals surface area (Å²) in [6.07, 6.45) is 0. The first-order chi connectivity index (χ1) is 7.75. The van der Waals surface area contributed by atoms with Gasteiger partial charge in [-0.2, -0.15) is 0 Å². The third kappa shape index (κ3) is 3.16. The Balaban J connectivity index is 2.89. The molecule has 17 heavy (non-hydrogen) atoms. The highest BCUT2D eigenvalue weighted by Crippen LogP contribution is 2.19. The molecule has 0 saturated carbocycles. The van der Waals surface area contributed by atoms with E-state index in [1.165, 1.54) is 19.4 Å². The number of carbonyl (C=O) groups is 1. The first-order valence-electron chi connectivity index (χ1n) is 5.43. The van der Waals surface area contributed by atoms with E-state index in [1.54, 1.807) is 0 Å². The number of aryl methyl sites for hydroxylation is 2. The zero-order valence-corrected chi connectivity index (χ0v) is 11.4. The molecule has 0 saturated heterocycles. The molecule has 0 aromatic heterocycles. The normalized spacial score (nSPS) is 13.4. The van der Waals surface area contributed by atoms with Crippen molar-refractivity contribution in [2.75, 3.05) is 0 Å². The van der Waals surface area contributed by atoms with E-state index in [1.807, 2.05) is 32.0 Å². The van der Waals surface area contributed by atoms with E-state index in [9.17, 15) is 9.00 Å². The van der Waals surface area contributed by atoms with Crippen molar-refractivity contribution in [2.45, 2.75) is 38.2 Å². The van der Waals surface area contributed by atoms with Gasteiger partial charge in [0.2, 0.25) is 0 Å². The molecule has 0 spiro atoms. The summed E-state index contributed by atoms with van der Waals surface area (Å²) in [4.78, 5) is 11.0. The number of hydrogen-bond acceptors (Lipinski definition) is 2. The molecule has 1 N–H and O–H groups in total. The second-order valence-corrected chi connectivity index (χ2v) is 6.72. The van der Waals surface area contributed by atoms with Gasteiger partial charge in [0.15, 0.2) is 0 Å². The van der Waals surface area contributed by atoms with Gasteiger partial charge in [-0.15, -0.1) is 0 Å². The van der Waals surface area contributed by atoms with Crippen molar-refractivity contribution in [1.82, 2.24) is 0 Å². The van der Waals surface area contributed by atoms with Crippen LogP contribution in [0.3, 0.4) is 0 Å². The summed E-state index contributed by atoms with van der Waals surface area (Å²) in [6.45, 7) is 6.99. The molecule has 0 fully saturated rings. The Hall–Kier alpha value is -1.16. The van der Waals surface area contributed by atoms with Gasteiger partial charge in [-0.05, 0) is 44.4 Å². The quantitative estimate of drug-likeness (QED) is 0.897. The SMILES string of the molecule is Cc1ccc(CS(=O)C(C)(C)C(=O)O)cc1C. The third-order valence-corrected chi connectivity index (χ3v) is 4.86. The van der Waals surface area contributed by atoms with Crippen LogP contribution in [-0.2, 0) is 21.3 Å². The molecule has 0 radical (unpaired) electrons. The molecule has 0 heterocycles. The van der Waals surface area contributed by atoms with E-state index in [0.717, 1.165) is 11.1 Å². The molecule has 1 unspecified atom stereocenters. The van der Waals surface area contributed by atoms with Gasteiger partial charge >= 0.3 is 5.97 Å². The molecule has 1 aromatic rings. The number of rotatable bonds is 4. The second-order valence-electron chi connectivity index (χ2n) is 4.72. The highest BCUT2D eigenvalue weighted by atomic mass is 32.2. The largest absolute Gasteiger partial charge is 0.480 e. The van der Waals surface area contributed by atoms with Gasteiger partial charge in [0.05, 0.1) is 0 Å². The summed E-state index contributed by atoms with van der Waals surface area (Å²) in [5.41, 5.74) is 3.23. The molecule has 0 bridgehead atoms. The highest BCUT2D eigenvalue weighted by molar-refractivity contribution is 7.86. The molecule has 0 aliphatic heterocycles. The van der Waals surface area contributed by atoms with Crippen molar-refractivity contribution in [3.8, 4) is 0 Å². The van der Waals surface area contributed by atoms with E-state index in [2.05, 4.69) is 0 Å². The minimum absolute atomic E-state index is 0.278. The van der Waals surface area contributed by atoms with Crippen LogP contribution in [0.5, 0.6) is 0 Å². The van der Waals surface area contributed by atoms with Crippen molar-refractivity contribution >= 4 is 16.8 Å². The second kappa shape index (κ2) is 5.00. The van der Waals surface area contributed by atoms with E-state index in [0.29, 0.717) is 0 Å². The standard InChI is InChI=1S/C13H18O3S/c1-9-5-6-11(7-10(9)2)8-17(16)13(3,4)12(14)15/h5-7H,8H2,1-4H3,(H,14,15). The Morgan fingerprint density at radius 2 is 1.88 bits per heavy atom. The zero-order chi connectivity index (χ0) is 13.2. The summed E-state index contributed by atoms with van der Waals surface area (Å²) in [7, 11) is -1.43. The highest BCUT2D eigenvalue weighted by Gasteiger charge is 2.34. The van der Waals surface area contributed by atoms with Gasteiger partial charge in [0.1, 0.15) is 4.75 Å². The molecule has 0 amide bonds. The average Bonchev–Trinajstić information content (AvgIpc) is 2.23. The van der Waals surface area contributed by atoms with Crippen LogP contribution in [0.15, 0.2) is 18.2 Å². The summed E-state index contributed by atoms with van der Waals surface area (Å²) in [5.74, 6) is -0.750. The van der Waals surface area contributed by atoms with Crippen LogP contribution in [0.4, 0.5) is 0 Å². The lowest BCUT2D eigenvalue weighted by molar-refractivity contribution is -0.139. The van der Waals surface area contributed by atoms with Crippen LogP contribution < -0.4 is 0 Å². The number of carboxylic acids is 1. The Bertz CT molecular complexity index is 464. The van der Waals surface area contributed by atoms with Crippen LogP contribution in [0.2, 0.25) is 0 Å². The smallest absolute Gasteiger partial charge is 0.321 e. The van der Waals surface area contributed by atoms with Crippen LogP contribution in [0, 0.1) is 13.8 Å². The van der Waals surface area contributed by atoms with E-state index in [4.69, 9.17) is 5.11 Å². The number of hydrogen-bond donors (Lipinski definition) is 1. The van der Waals surface area contributed by atoms with Crippen LogP contribution in [-0.4, -0.2) is 20.0 Å². The molecular weight excluding hydrogens is 236 g/mol. The Kier molecular flexibility index (Phi) is 4.09. The molecule has 1 atom stereocenters. The lowest BCUT2D eigenvalue weighted by Crippen LogP contribution is -2.37. The summed E-state index contributed by atoms with van der Waals surface area (Å²) in [5, 5.41) is 9.00. The fourth-order valence-electron chi connectivity index (χ4n) is 1.32. The third-order valence-electron chi connectivity index (χ3n) is 2.95. The summed E-state index contributed by atoms with van der Waals surface area (Å²) in [6, 6.07) is 5.83. The van der Waals surface area contributed by atoms with E-state index < -0.39 is 21.5 Å². The Morgan fingerprint density at radius 1 is 1.29 bits per heavy atom. The zero-order valence-electron chi connectivity index (χ0n) is 10.6. The van der Waals surface area contributed by atoms with E-state index >= 15 is 0 Å². The maximum atomic E-state index is 12.0. The molecule has 4 heteroatoms. The number of aliphatic carboxylic acids is 1. The molecule has 0 aliphatic carbocycles. The lowest BCUT2D eigenvalue weighted by Gasteiger charge is -2.18. The van der Waals surface area contributed by atoms with Crippen LogP contribution in [0.1, 0.15) is 30.5 Å². The maximum absolute atomic E-state index is 12.0. The average molecular weight is 254 g/mol. The van der Waals surface area contributed by atoms with Gasteiger partial charge in [-0.25, -0.2) is 0 Å². The molecule has 94 valence electrons. The predicted octanol–water partition coefficient (Wildman–Crippen LogP) is 2.42. The van der Waals surface area contributed by atoms with Crippen molar-refractivity contribution < 1.29 is 14.1 Å². The monoisotopic (exact) mass is 254 g/mol. The molecule has 0 aliphatic rings. The van der Waals surface area contributed by atoms with Gasteiger partial charge in [0, 0.05) is 16.6 Å². The molecule has 3 nitrogen and oxygen atoms in total. The number of benzene rings is 1. The predicted molar refractivity (Wildman–Crippen MR) is 69.5 cm³/mol. The molecule has 1 aromatic carbocycles. The van der Waals surface area contributed by atoms with Crippen LogP contribution in [0.25, 0.3) is 0 Å². The Morgan fingerprint density at radius 3 is 2.35 bits per heavy atom. The lowest BCUT2D eigenvalue weighted by atomic mass is 10.1. The van der Waals surface area contributed by atoms with Crippen molar-refractivity contribution in [3.63, 3.8) is 0 Å². The first-order valence-corrected chi connectivity index (χ1v) is 6.75. The fraction of sp³-hybridized carbons (Fsp3) is 0.462. The van der Waals surface area contributed by atoms with Gasteiger partial charge in [0.25, 0.3) is 0 Å². The number of carboxylic acid groups (broad SMARTS) is 1. The van der Waals surface area contributed by atoms with Crippen LogP contribution >= 0.6 is 0 Å². The van der Waals surface area contributed by atoms with Crippen molar-refractivity contribution in [2.24, 2.45) is 0 Å². The Labute approximate surface area is 104 Å². The van der Waals surface area contributed by atoms with Gasteiger partial charge in [-0.1, -0.05) is 18.2 Å². The van der Waals surface area contributed by atoms with Gasteiger partial charge < -0.3 is 5.11 Å². The maximum Gasteiger partial charge on any atom is 0.321 e. The van der Waals surface area contributed by atoms with Gasteiger partial charge in [-0.3, -0.25) is 9.00 Å². The minimum Gasteiger partial charge on any atom is -0.480 e. The minimum atomic E-state index is -1.43.